The summed E-state index contributed by atoms with van der Waals surface area (Å²) >= 11 is 0. The summed E-state index contributed by atoms with van der Waals surface area (Å²) in [6, 6.07) is 10.5. The number of methoxy groups -OCH3 is 2. The third-order valence-electron chi connectivity index (χ3n) is 4.24. The van der Waals surface area contributed by atoms with Gasteiger partial charge in [-0.1, -0.05) is 12.1 Å². The highest BCUT2D eigenvalue weighted by Crippen LogP contribution is 2.35. The number of hydrogen-bond acceptors (Lipinski definition) is 5. The zero-order valence-electron chi connectivity index (χ0n) is 13.7. The number of ether oxygens (including phenoxy) is 2. The molecule has 0 amide bonds. The van der Waals surface area contributed by atoms with E-state index in [-0.39, 0.29) is 6.04 Å². The number of pyridine rings is 1. The van der Waals surface area contributed by atoms with Gasteiger partial charge in [-0.2, -0.15) is 0 Å². The fourth-order valence-electron chi connectivity index (χ4n) is 3.12. The summed E-state index contributed by atoms with van der Waals surface area (Å²) in [4.78, 5) is 6.78. The molecule has 3 rings (SSSR count). The first-order valence-electron chi connectivity index (χ1n) is 7.90. The lowest BCUT2D eigenvalue weighted by atomic mass is 9.97. The standard InChI is InChI=1S/C18H23N3O2/c1-22-16-6-5-14(12-17(16)23-2)18(15-4-3-7-20-13-15)21-10-8-19-9-11-21/h3-7,12-13,18-19H,8-11H2,1-2H3. The predicted octanol–water partition coefficient (Wildman–Crippen LogP) is 2.09. The molecule has 1 unspecified atom stereocenters. The molecule has 0 spiro atoms. The fraction of sp³-hybridized carbons (Fsp3) is 0.389. The topological polar surface area (TPSA) is 46.6 Å². The first-order chi connectivity index (χ1) is 11.3. The molecule has 122 valence electrons. The molecule has 0 saturated carbocycles. The molecular formula is C18H23N3O2. The van der Waals surface area contributed by atoms with Crippen molar-refractivity contribution in [3.63, 3.8) is 0 Å². The lowest BCUT2D eigenvalue weighted by Crippen LogP contribution is -2.45. The molecule has 0 bridgehead atoms. The van der Waals surface area contributed by atoms with Gasteiger partial charge in [0.15, 0.2) is 11.5 Å². The van der Waals surface area contributed by atoms with Gasteiger partial charge >= 0.3 is 0 Å². The molecule has 1 saturated heterocycles. The second kappa shape index (κ2) is 7.44. The Balaban J connectivity index is 2.01. The zero-order valence-corrected chi connectivity index (χ0v) is 13.7. The molecule has 1 N–H and O–H groups in total. The third kappa shape index (κ3) is 3.46. The number of piperazine rings is 1. The minimum Gasteiger partial charge on any atom is -0.493 e. The van der Waals surface area contributed by atoms with E-state index in [4.69, 9.17) is 9.47 Å². The molecule has 1 aliphatic rings. The van der Waals surface area contributed by atoms with E-state index in [1.807, 2.05) is 24.5 Å². The maximum Gasteiger partial charge on any atom is 0.161 e. The summed E-state index contributed by atoms with van der Waals surface area (Å²) in [5.41, 5.74) is 2.39. The van der Waals surface area contributed by atoms with Crippen molar-refractivity contribution in [1.29, 1.82) is 0 Å². The van der Waals surface area contributed by atoms with Crippen LogP contribution in [0.5, 0.6) is 11.5 Å². The van der Waals surface area contributed by atoms with Crippen LogP contribution >= 0.6 is 0 Å². The van der Waals surface area contributed by atoms with Gasteiger partial charge in [-0.05, 0) is 29.3 Å². The molecule has 1 aromatic carbocycles. The van der Waals surface area contributed by atoms with E-state index in [0.29, 0.717) is 0 Å². The Morgan fingerprint density at radius 3 is 2.48 bits per heavy atom. The minimum atomic E-state index is 0.172. The Labute approximate surface area is 137 Å². The Hall–Kier alpha value is -2.11. The van der Waals surface area contributed by atoms with Crippen LogP contribution in [0.2, 0.25) is 0 Å². The van der Waals surface area contributed by atoms with Gasteiger partial charge in [0, 0.05) is 38.6 Å². The summed E-state index contributed by atoms with van der Waals surface area (Å²) in [5.74, 6) is 1.51. The number of rotatable bonds is 5. The smallest absolute Gasteiger partial charge is 0.161 e. The van der Waals surface area contributed by atoms with Crippen LogP contribution in [0.15, 0.2) is 42.7 Å². The highest BCUT2D eigenvalue weighted by molar-refractivity contribution is 5.45. The Morgan fingerprint density at radius 1 is 1.04 bits per heavy atom. The highest BCUT2D eigenvalue weighted by atomic mass is 16.5. The SMILES string of the molecule is COc1ccc(C(c2cccnc2)N2CCNCC2)cc1OC. The third-order valence-corrected chi connectivity index (χ3v) is 4.24. The summed E-state index contributed by atoms with van der Waals surface area (Å²) in [6.07, 6.45) is 3.76. The Bertz CT molecular complexity index is 627. The first kappa shape index (κ1) is 15.8. The van der Waals surface area contributed by atoms with Gasteiger partial charge in [-0.25, -0.2) is 0 Å². The summed E-state index contributed by atoms with van der Waals surface area (Å²) in [7, 11) is 3.33. The molecular weight excluding hydrogens is 290 g/mol. The van der Waals surface area contributed by atoms with Crippen LogP contribution in [0.4, 0.5) is 0 Å². The maximum atomic E-state index is 5.48. The number of benzene rings is 1. The molecule has 5 nitrogen and oxygen atoms in total. The van der Waals surface area contributed by atoms with Crippen molar-refractivity contribution in [1.82, 2.24) is 15.2 Å². The van der Waals surface area contributed by atoms with Crippen molar-refractivity contribution in [2.75, 3.05) is 40.4 Å². The van der Waals surface area contributed by atoms with E-state index in [1.54, 1.807) is 14.2 Å². The van der Waals surface area contributed by atoms with E-state index in [2.05, 4.69) is 33.4 Å². The lowest BCUT2D eigenvalue weighted by molar-refractivity contribution is 0.198. The number of hydrogen-bond donors (Lipinski definition) is 1. The predicted molar refractivity (Wildman–Crippen MR) is 90.1 cm³/mol. The second-order valence-corrected chi connectivity index (χ2v) is 5.59. The fourth-order valence-corrected chi connectivity index (χ4v) is 3.12. The molecule has 1 aliphatic heterocycles. The van der Waals surface area contributed by atoms with Gasteiger partial charge in [0.2, 0.25) is 0 Å². The van der Waals surface area contributed by atoms with Crippen LogP contribution < -0.4 is 14.8 Å². The highest BCUT2D eigenvalue weighted by Gasteiger charge is 2.25. The molecule has 0 radical (unpaired) electrons. The van der Waals surface area contributed by atoms with Crippen LogP contribution in [0.25, 0.3) is 0 Å². The van der Waals surface area contributed by atoms with Gasteiger partial charge < -0.3 is 14.8 Å². The normalized spacial score (nSPS) is 16.8. The van der Waals surface area contributed by atoms with Crippen molar-refractivity contribution >= 4 is 0 Å². The van der Waals surface area contributed by atoms with Gasteiger partial charge in [-0.15, -0.1) is 0 Å². The first-order valence-corrected chi connectivity index (χ1v) is 7.90. The monoisotopic (exact) mass is 313 g/mol. The van der Waals surface area contributed by atoms with Crippen LogP contribution in [0.3, 0.4) is 0 Å². The van der Waals surface area contributed by atoms with E-state index in [0.717, 1.165) is 37.7 Å². The summed E-state index contributed by atoms with van der Waals surface area (Å²) in [5, 5.41) is 3.41. The van der Waals surface area contributed by atoms with Crippen LogP contribution in [-0.2, 0) is 0 Å². The number of nitrogens with one attached hydrogen (secondary N) is 1. The average molecular weight is 313 g/mol. The molecule has 0 aliphatic carbocycles. The molecule has 5 heteroatoms. The van der Waals surface area contributed by atoms with Crippen LogP contribution in [0, 0.1) is 0 Å². The largest absolute Gasteiger partial charge is 0.493 e. The zero-order chi connectivity index (χ0) is 16.1. The van der Waals surface area contributed by atoms with Gasteiger partial charge in [-0.3, -0.25) is 9.88 Å². The summed E-state index contributed by atoms with van der Waals surface area (Å²) < 4.78 is 10.8. The van der Waals surface area contributed by atoms with Crippen LogP contribution in [0.1, 0.15) is 17.2 Å². The Kier molecular flexibility index (Phi) is 5.10. The van der Waals surface area contributed by atoms with Gasteiger partial charge in [0.25, 0.3) is 0 Å². The van der Waals surface area contributed by atoms with E-state index in [9.17, 15) is 0 Å². The van der Waals surface area contributed by atoms with E-state index >= 15 is 0 Å². The molecule has 2 aromatic rings. The number of nitrogens with zero attached hydrogens (tertiary/aromatic N) is 2. The quantitative estimate of drug-likeness (QED) is 0.916. The summed E-state index contributed by atoms with van der Waals surface area (Å²) in [6.45, 7) is 4.02. The maximum absolute atomic E-state index is 5.48. The second-order valence-electron chi connectivity index (χ2n) is 5.59. The van der Waals surface area contributed by atoms with E-state index < -0.39 is 0 Å². The number of aromatic nitrogens is 1. The van der Waals surface area contributed by atoms with Crippen molar-refractivity contribution in [3.8, 4) is 11.5 Å². The molecule has 1 atom stereocenters. The van der Waals surface area contributed by atoms with Gasteiger partial charge in [0.05, 0.1) is 20.3 Å². The molecule has 1 fully saturated rings. The van der Waals surface area contributed by atoms with Gasteiger partial charge in [0.1, 0.15) is 0 Å². The lowest BCUT2D eigenvalue weighted by Gasteiger charge is -2.35. The Morgan fingerprint density at radius 2 is 1.83 bits per heavy atom. The van der Waals surface area contributed by atoms with Crippen molar-refractivity contribution in [2.45, 2.75) is 6.04 Å². The molecule has 2 heterocycles. The van der Waals surface area contributed by atoms with Crippen molar-refractivity contribution in [2.24, 2.45) is 0 Å². The minimum absolute atomic E-state index is 0.172. The molecule has 23 heavy (non-hydrogen) atoms. The van der Waals surface area contributed by atoms with Crippen LogP contribution in [-0.4, -0.2) is 50.3 Å². The van der Waals surface area contributed by atoms with Crippen molar-refractivity contribution < 1.29 is 9.47 Å². The van der Waals surface area contributed by atoms with Crippen molar-refractivity contribution in [3.05, 3.63) is 53.9 Å². The molecule has 1 aromatic heterocycles. The average Bonchev–Trinajstić information content (AvgIpc) is 2.63. The van der Waals surface area contributed by atoms with E-state index in [1.165, 1.54) is 11.1 Å².